The fourth-order valence-electron chi connectivity index (χ4n) is 5.95. The Hall–Kier alpha value is -3.72. The van der Waals surface area contributed by atoms with E-state index in [0.29, 0.717) is 32.5 Å². The smallest absolute Gasteiger partial charge is 0.407 e. The van der Waals surface area contributed by atoms with E-state index in [4.69, 9.17) is 9.47 Å². The second kappa shape index (κ2) is 14.4. The lowest BCUT2D eigenvalue weighted by atomic mass is 9.88. The minimum atomic E-state index is -1.04. The average Bonchev–Trinajstić information content (AvgIpc) is 3.32. The molecule has 1 heterocycles. The van der Waals surface area contributed by atoms with Crippen LogP contribution in [0.15, 0.2) is 84.9 Å². The second-order valence-corrected chi connectivity index (χ2v) is 11.3. The number of aliphatic hydroxyl groups excluding tert-OH is 2. The lowest BCUT2D eigenvalue weighted by Gasteiger charge is -2.29. The zero-order valence-corrected chi connectivity index (χ0v) is 23.7. The molecule has 0 radical (unpaired) electrons. The highest BCUT2D eigenvalue weighted by Gasteiger charge is 2.35. The third-order valence-electron chi connectivity index (χ3n) is 8.18. The number of hydrogen-bond donors (Lipinski definition) is 4. The third kappa shape index (κ3) is 7.97. The van der Waals surface area contributed by atoms with Crippen molar-refractivity contribution in [3.8, 4) is 0 Å². The van der Waals surface area contributed by atoms with Gasteiger partial charge in [-0.25, -0.2) is 4.79 Å². The topological polar surface area (TPSA) is 117 Å². The summed E-state index contributed by atoms with van der Waals surface area (Å²) in [5.74, 6) is -0.857. The number of amides is 2. The maximum atomic E-state index is 13.8. The van der Waals surface area contributed by atoms with Gasteiger partial charge in [0.05, 0.1) is 30.9 Å². The van der Waals surface area contributed by atoms with Crippen LogP contribution in [0.4, 0.5) is 4.79 Å². The summed E-state index contributed by atoms with van der Waals surface area (Å²) in [6.45, 7) is 1.01. The summed E-state index contributed by atoms with van der Waals surface area (Å²) >= 11 is 0. The Labute approximate surface area is 247 Å². The van der Waals surface area contributed by atoms with Gasteiger partial charge in [0.15, 0.2) is 0 Å². The third-order valence-corrected chi connectivity index (χ3v) is 8.18. The molecule has 8 heteroatoms. The van der Waals surface area contributed by atoms with E-state index in [1.807, 2.05) is 84.9 Å². The van der Waals surface area contributed by atoms with Gasteiger partial charge in [0.2, 0.25) is 5.91 Å². The second-order valence-electron chi connectivity index (χ2n) is 11.3. The van der Waals surface area contributed by atoms with Crippen LogP contribution >= 0.6 is 0 Å². The predicted molar refractivity (Wildman–Crippen MR) is 159 cm³/mol. The Kier molecular flexibility index (Phi) is 10.2. The molecule has 0 aromatic heterocycles. The Morgan fingerprint density at radius 1 is 0.929 bits per heavy atom. The first-order valence-corrected chi connectivity index (χ1v) is 14.8. The van der Waals surface area contributed by atoms with Crippen LogP contribution in [0.25, 0.3) is 0 Å². The molecule has 2 aliphatic rings. The molecule has 0 saturated carbocycles. The van der Waals surface area contributed by atoms with Gasteiger partial charge in [0.1, 0.15) is 6.10 Å². The van der Waals surface area contributed by atoms with E-state index in [-0.39, 0.29) is 18.4 Å². The highest BCUT2D eigenvalue weighted by atomic mass is 16.6. The molecule has 42 heavy (non-hydrogen) atoms. The minimum absolute atomic E-state index is 0.107. The maximum absolute atomic E-state index is 13.8. The molecule has 3 aromatic rings. The number of fused-ring (bicyclic) bond motifs is 1. The Balaban J connectivity index is 1.32. The van der Waals surface area contributed by atoms with Crippen molar-refractivity contribution in [2.45, 2.75) is 68.9 Å². The van der Waals surface area contributed by atoms with Crippen LogP contribution < -0.4 is 10.6 Å². The highest BCUT2D eigenvalue weighted by molar-refractivity contribution is 5.80. The number of aliphatic hydroxyl groups is 2. The van der Waals surface area contributed by atoms with Crippen LogP contribution in [0.3, 0.4) is 0 Å². The van der Waals surface area contributed by atoms with Gasteiger partial charge in [-0.3, -0.25) is 4.79 Å². The van der Waals surface area contributed by atoms with Crippen molar-refractivity contribution in [3.63, 3.8) is 0 Å². The van der Waals surface area contributed by atoms with E-state index in [0.717, 1.165) is 35.1 Å². The Morgan fingerprint density at radius 2 is 1.60 bits per heavy atom. The van der Waals surface area contributed by atoms with Gasteiger partial charge < -0.3 is 30.3 Å². The molecule has 1 aliphatic carbocycles. The minimum Gasteiger partial charge on any atom is -0.444 e. The van der Waals surface area contributed by atoms with Gasteiger partial charge in [-0.15, -0.1) is 0 Å². The number of benzene rings is 3. The van der Waals surface area contributed by atoms with Gasteiger partial charge in [-0.05, 0) is 54.4 Å². The van der Waals surface area contributed by atoms with Crippen molar-refractivity contribution in [2.24, 2.45) is 5.92 Å². The van der Waals surface area contributed by atoms with Gasteiger partial charge in [0, 0.05) is 18.9 Å². The molecule has 3 aromatic carbocycles. The number of alkyl carbamates (subject to hydrolysis) is 1. The molecule has 0 unspecified atom stereocenters. The van der Waals surface area contributed by atoms with Gasteiger partial charge in [-0.2, -0.15) is 0 Å². The summed E-state index contributed by atoms with van der Waals surface area (Å²) in [4.78, 5) is 26.7. The van der Waals surface area contributed by atoms with E-state index < -0.39 is 36.3 Å². The van der Waals surface area contributed by atoms with Gasteiger partial charge in [0.25, 0.3) is 0 Å². The fourth-order valence-corrected chi connectivity index (χ4v) is 5.95. The van der Waals surface area contributed by atoms with Crippen molar-refractivity contribution in [1.29, 1.82) is 0 Å². The standard InChI is InChI=1S/C34H40N2O6/c37-30(29(19-24-12-5-2-6-13-24)35-34(40)42-27-15-9-17-41-22-27)21-26(18-23-10-3-1-4-11-23)33(39)36-32-28-16-8-7-14-25(28)20-31(32)38/h1-8,10-14,16,26-27,29-32,37-38H,9,15,17-22H2,(H,35,40)(H,36,39)/t26-,27-,29-,30-,31+,32-/m0/s1. The first kappa shape index (κ1) is 29.8. The summed E-state index contributed by atoms with van der Waals surface area (Å²) in [5.41, 5.74) is 3.83. The largest absolute Gasteiger partial charge is 0.444 e. The molecule has 8 nitrogen and oxygen atoms in total. The predicted octanol–water partition coefficient (Wildman–Crippen LogP) is 3.89. The van der Waals surface area contributed by atoms with E-state index >= 15 is 0 Å². The SMILES string of the molecule is O=C(N[C@@H](Cc1ccccc1)[C@@H](O)C[C@H](Cc1ccccc1)C(=O)N[C@H]1c2ccccc2C[C@H]1O)O[C@H]1CCCOC1. The maximum Gasteiger partial charge on any atom is 0.407 e. The summed E-state index contributed by atoms with van der Waals surface area (Å²) < 4.78 is 11.0. The van der Waals surface area contributed by atoms with E-state index in [1.165, 1.54) is 0 Å². The van der Waals surface area contributed by atoms with Crippen molar-refractivity contribution in [2.75, 3.05) is 13.2 Å². The Morgan fingerprint density at radius 3 is 2.29 bits per heavy atom. The van der Waals surface area contributed by atoms with Crippen LogP contribution in [0.5, 0.6) is 0 Å². The van der Waals surface area contributed by atoms with Gasteiger partial charge >= 0.3 is 6.09 Å². The number of rotatable bonds is 11. The number of carbonyl (C=O) groups is 2. The van der Waals surface area contributed by atoms with E-state index in [1.54, 1.807) is 0 Å². The van der Waals surface area contributed by atoms with Crippen molar-refractivity contribution >= 4 is 12.0 Å². The van der Waals surface area contributed by atoms with Crippen LogP contribution in [0, 0.1) is 5.92 Å². The summed E-state index contributed by atoms with van der Waals surface area (Å²) in [6.07, 6.45) is 0.202. The molecule has 1 saturated heterocycles. The molecule has 4 N–H and O–H groups in total. The number of nitrogens with one attached hydrogen (secondary N) is 2. The fraction of sp³-hybridized carbons (Fsp3) is 0.412. The summed E-state index contributed by atoms with van der Waals surface area (Å²) in [6, 6.07) is 25.8. The Bertz CT molecular complexity index is 1300. The lowest BCUT2D eigenvalue weighted by molar-refractivity contribution is -0.127. The molecular weight excluding hydrogens is 532 g/mol. The number of ether oxygens (including phenoxy) is 2. The summed E-state index contributed by atoms with van der Waals surface area (Å²) in [5, 5.41) is 28.3. The highest BCUT2D eigenvalue weighted by Crippen LogP contribution is 2.32. The number of hydrogen-bond acceptors (Lipinski definition) is 6. The molecule has 222 valence electrons. The molecule has 1 fully saturated rings. The van der Waals surface area contributed by atoms with Crippen LogP contribution in [0.2, 0.25) is 0 Å². The van der Waals surface area contributed by atoms with Crippen molar-refractivity contribution in [3.05, 3.63) is 107 Å². The molecular formula is C34H40N2O6. The van der Waals surface area contributed by atoms with Crippen LogP contribution in [-0.2, 0) is 33.5 Å². The zero-order valence-electron chi connectivity index (χ0n) is 23.7. The van der Waals surface area contributed by atoms with Crippen molar-refractivity contribution in [1.82, 2.24) is 10.6 Å². The summed E-state index contributed by atoms with van der Waals surface area (Å²) in [7, 11) is 0. The molecule has 5 rings (SSSR count). The molecule has 0 spiro atoms. The average molecular weight is 573 g/mol. The quantitative estimate of drug-likeness (QED) is 0.277. The van der Waals surface area contributed by atoms with Crippen molar-refractivity contribution < 1.29 is 29.3 Å². The number of carbonyl (C=O) groups excluding carboxylic acids is 2. The zero-order chi connectivity index (χ0) is 29.3. The van der Waals surface area contributed by atoms with Crippen LogP contribution in [0.1, 0.15) is 47.6 Å². The van der Waals surface area contributed by atoms with E-state index in [9.17, 15) is 19.8 Å². The normalized spacial score (nSPS) is 21.9. The molecule has 1 aliphatic heterocycles. The monoisotopic (exact) mass is 572 g/mol. The molecule has 2 amide bonds. The van der Waals surface area contributed by atoms with E-state index in [2.05, 4.69) is 10.6 Å². The van der Waals surface area contributed by atoms with Gasteiger partial charge in [-0.1, -0.05) is 84.9 Å². The first-order chi connectivity index (χ1) is 20.5. The molecule has 0 bridgehead atoms. The molecule has 6 atom stereocenters. The first-order valence-electron chi connectivity index (χ1n) is 14.8. The lowest BCUT2D eigenvalue weighted by Crippen LogP contribution is -2.48. The van der Waals surface area contributed by atoms with Crippen LogP contribution in [-0.4, -0.2) is 59.8 Å².